The topological polar surface area (TPSA) is 38.0 Å². The molecule has 1 heterocycles. The molecule has 1 aromatic heterocycles. The lowest BCUT2D eigenvalue weighted by Crippen LogP contribution is -1.88. The van der Waals surface area contributed by atoms with E-state index in [1.54, 1.807) is 10.7 Å². The van der Waals surface area contributed by atoms with Crippen molar-refractivity contribution < 1.29 is 5.11 Å². The minimum absolute atomic E-state index is 0.0337. The van der Waals surface area contributed by atoms with Crippen LogP contribution in [0.1, 0.15) is 5.56 Å². The Labute approximate surface area is 80.5 Å². The monoisotopic (exact) mass is 196 g/mol. The van der Waals surface area contributed by atoms with Crippen molar-refractivity contribution in [3.05, 3.63) is 28.9 Å². The summed E-state index contributed by atoms with van der Waals surface area (Å²) >= 11 is 5.86. The molecule has 3 nitrogen and oxygen atoms in total. The molecule has 0 bridgehead atoms. The van der Waals surface area contributed by atoms with Crippen LogP contribution in [0.3, 0.4) is 0 Å². The minimum Gasteiger partial charge on any atom is -0.392 e. The number of halogens is 1. The fourth-order valence-corrected chi connectivity index (χ4v) is 1.66. The highest BCUT2D eigenvalue weighted by molar-refractivity contribution is 6.31. The Morgan fingerprint density at radius 1 is 1.54 bits per heavy atom. The summed E-state index contributed by atoms with van der Waals surface area (Å²) in [6.07, 6.45) is 1.88. The van der Waals surface area contributed by atoms with E-state index in [4.69, 9.17) is 16.7 Å². The molecule has 68 valence electrons. The fraction of sp³-hybridized carbons (Fsp3) is 0.222. The number of benzene rings is 1. The molecule has 0 saturated heterocycles. The van der Waals surface area contributed by atoms with Gasteiger partial charge in [0, 0.05) is 29.2 Å². The van der Waals surface area contributed by atoms with Crippen LogP contribution in [0.5, 0.6) is 0 Å². The van der Waals surface area contributed by atoms with Crippen LogP contribution in [0.4, 0.5) is 0 Å². The number of aromatic nitrogens is 2. The predicted molar refractivity (Wildman–Crippen MR) is 51.6 cm³/mol. The maximum absolute atomic E-state index is 9.06. The highest BCUT2D eigenvalue weighted by atomic mass is 35.5. The third-order valence-electron chi connectivity index (χ3n) is 1.94. The molecular weight excluding hydrogens is 188 g/mol. The quantitative estimate of drug-likeness (QED) is 0.754. The first-order chi connectivity index (χ1) is 6.20. The molecule has 0 aliphatic heterocycles. The van der Waals surface area contributed by atoms with E-state index in [-0.39, 0.29) is 6.61 Å². The molecule has 0 fully saturated rings. The highest BCUT2D eigenvalue weighted by Gasteiger charge is 2.05. The Hall–Kier alpha value is -1.06. The van der Waals surface area contributed by atoms with Crippen LogP contribution >= 0.6 is 11.6 Å². The smallest absolute Gasteiger partial charge is 0.0979 e. The summed E-state index contributed by atoms with van der Waals surface area (Å²) < 4.78 is 1.71. The Bertz CT molecular complexity index is 450. The third kappa shape index (κ3) is 1.41. The molecule has 1 N–H and O–H groups in total. The molecule has 0 spiro atoms. The van der Waals surface area contributed by atoms with Crippen LogP contribution in [-0.2, 0) is 13.7 Å². The van der Waals surface area contributed by atoms with Gasteiger partial charge in [0.25, 0.3) is 0 Å². The van der Waals surface area contributed by atoms with E-state index in [0.717, 1.165) is 16.5 Å². The summed E-state index contributed by atoms with van der Waals surface area (Å²) in [6.45, 7) is -0.0337. The lowest BCUT2D eigenvalue weighted by molar-refractivity contribution is 0.283. The molecule has 0 aliphatic carbocycles. The molecule has 0 unspecified atom stereocenters. The Balaban J connectivity index is 2.80. The standard InChI is InChI=1S/C9H9ClN2O/c1-12-4-6-2-8(10)3-7(5-13)9(6)11-12/h2-4,13H,5H2,1H3. The SMILES string of the molecule is Cn1cc2cc(Cl)cc(CO)c2n1. The minimum atomic E-state index is -0.0337. The van der Waals surface area contributed by atoms with Gasteiger partial charge in [0.1, 0.15) is 0 Å². The number of rotatable bonds is 1. The molecule has 1 aromatic carbocycles. The molecule has 2 rings (SSSR count). The molecule has 2 aromatic rings. The van der Waals surface area contributed by atoms with Gasteiger partial charge in [0.15, 0.2) is 0 Å². The number of nitrogens with zero attached hydrogens (tertiary/aromatic N) is 2. The van der Waals surface area contributed by atoms with Crippen molar-refractivity contribution in [3.8, 4) is 0 Å². The van der Waals surface area contributed by atoms with Gasteiger partial charge in [-0.05, 0) is 12.1 Å². The number of aryl methyl sites for hydroxylation is 1. The highest BCUT2D eigenvalue weighted by Crippen LogP contribution is 2.22. The van der Waals surface area contributed by atoms with Crippen molar-refractivity contribution in [2.24, 2.45) is 7.05 Å². The number of aliphatic hydroxyl groups excluding tert-OH is 1. The normalized spacial score (nSPS) is 11.0. The van der Waals surface area contributed by atoms with Crippen molar-refractivity contribution in [2.45, 2.75) is 6.61 Å². The van der Waals surface area contributed by atoms with Gasteiger partial charge in [0.2, 0.25) is 0 Å². The second-order valence-electron chi connectivity index (χ2n) is 2.96. The maximum atomic E-state index is 9.06. The zero-order valence-electron chi connectivity index (χ0n) is 7.16. The molecule has 0 atom stereocenters. The van der Waals surface area contributed by atoms with Crippen molar-refractivity contribution >= 4 is 22.5 Å². The third-order valence-corrected chi connectivity index (χ3v) is 2.16. The van der Waals surface area contributed by atoms with Crippen molar-refractivity contribution in [1.82, 2.24) is 9.78 Å². The second-order valence-corrected chi connectivity index (χ2v) is 3.40. The van der Waals surface area contributed by atoms with Crippen molar-refractivity contribution in [2.75, 3.05) is 0 Å². The fourth-order valence-electron chi connectivity index (χ4n) is 1.41. The summed E-state index contributed by atoms with van der Waals surface area (Å²) in [4.78, 5) is 0. The van der Waals surface area contributed by atoms with Gasteiger partial charge in [-0.1, -0.05) is 11.6 Å². The zero-order valence-corrected chi connectivity index (χ0v) is 7.91. The first-order valence-electron chi connectivity index (χ1n) is 3.93. The van der Waals surface area contributed by atoms with Gasteiger partial charge in [-0.3, -0.25) is 4.68 Å². The van der Waals surface area contributed by atoms with E-state index in [2.05, 4.69) is 5.10 Å². The summed E-state index contributed by atoms with van der Waals surface area (Å²) in [5.41, 5.74) is 1.58. The van der Waals surface area contributed by atoms with Crippen LogP contribution in [0.25, 0.3) is 10.9 Å². The van der Waals surface area contributed by atoms with Crippen LogP contribution in [-0.4, -0.2) is 14.9 Å². The van der Waals surface area contributed by atoms with Gasteiger partial charge in [0.05, 0.1) is 12.1 Å². The van der Waals surface area contributed by atoms with E-state index in [0.29, 0.717) is 5.02 Å². The van der Waals surface area contributed by atoms with Crippen molar-refractivity contribution in [1.29, 1.82) is 0 Å². The zero-order chi connectivity index (χ0) is 9.42. The number of aliphatic hydroxyl groups is 1. The van der Waals surface area contributed by atoms with E-state index in [1.165, 1.54) is 0 Å². The van der Waals surface area contributed by atoms with Gasteiger partial charge in [-0.2, -0.15) is 5.10 Å². The van der Waals surface area contributed by atoms with Crippen LogP contribution in [0, 0.1) is 0 Å². The average molecular weight is 197 g/mol. The van der Waals surface area contributed by atoms with Gasteiger partial charge >= 0.3 is 0 Å². The van der Waals surface area contributed by atoms with E-state index in [9.17, 15) is 0 Å². The Morgan fingerprint density at radius 3 is 3.00 bits per heavy atom. The average Bonchev–Trinajstić information content (AvgIpc) is 2.43. The number of fused-ring (bicyclic) bond motifs is 1. The first kappa shape index (κ1) is 8.53. The first-order valence-corrected chi connectivity index (χ1v) is 4.31. The van der Waals surface area contributed by atoms with E-state index < -0.39 is 0 Å². The molecule has 0 amide bonds. The van der Waals surface area contributed by atoms with E-state index >= 15 is 0 Å². The van der Waals surface area contributed by atoms with Gasteiger partial charge in [-0.15, -0.1) is 0 Å². The summed E-state index contributed by atoms with van der Waals surface area (Å²) in [5.74, 6) is 0. The summed E-state index contributed by atoms with van der Waals surface area (Å²) in [6, 6.07) is 3.57. The summed E-state index contributed by atoms with van der Waals surface area (Å²) in [7, 11) is 1.84. The lowest BCUT2D eigenvalue weighted by Gasteiger charge is -1.97. The molecule has 4 heteroatoms. The molecule has 13 heavy (non-hydrogen) atoms. The van der Waals surface area contributed by atoms with Crippen LogP contribution < -0.4 is 0 Å². The lowest BCUT2D eigenvalue weighted by atomic mass is 10.1. The Kier molecular flexibility index (Phi) is 1.98. The van der Waals surface area contributed by atoms with Gasteiger partial charge in [-0.25, -0.2) is 0 Å². The number of hydrogen-bond acceptors (Lipinski definition) is 2. The van der Waals surface area contributed by atoms with Crippen molar-refractivity contribution in [3.63, 3.8) is 0 Å². The summed E-state index contributed by atoms with van der Waals surface area (Å²) in [5, 5.41) is 14.9. The second kappa shape index (κ2) is 3.01. The molecular formula is C9H9ClN2O. The van der Waals surface area contributed by atoms with Gasteiger partial charge < -0.3 is 5.11 Å². The van der Waals surface area contributed by atoms with Crippen LogP contribution in [0.2, 0.25) is 5.02 Å². The Morgan fingerprint density at radius 2 is 2.31 bits per heavy atom. The molecule has 0 saturated carbocycles. The largest absolute Gasteiger partial charge is 0.392 e. The van der Waals surface area contributed by atoms with Crippen LogP contribution in [0.15, 0.2) is 18.3 Å². The molecule has 0 radical (unpaired) electrons. The molecule has 0 aliphatic rings. The van der Waals surface area contributed by atoms with E-state index in [1.807, 2.05) is 19.3 Å². The number of hydrogen-bond donors (Lipinski definition) is 1. The maximum Gasteiger partial charge on any atom is 0.0979 e. The predicted octanol–water partition coefficient (Wildman–Crippen LogP) is 1.72.